The van der Waals surface area contributed by atoms with E-state index in [1.54, 1.807) is 0 Å². The zero-order valence-corrected chi connectivity index (χ0v) is 14.0. The van der Waals surface area contributed by atoms with Crippen molar-refractivity contribution >= 4 is 11.7 Å². The van der Waals surface area contributed by atoms with Gasteiger partial charge in [0.25, 0.3) is 0 Å². The minimum atomic E-state index is -0.500. The second-order valence-corrected chi connectivity index (χ2v) is 7.25. The first-order valence-corrected chi connectivity index (χ1v) is 7.23. The first kappa shape index (κ1) is 17.3. The van der Waals surface area contributed by atoms with Crippen LogP contribution in [0.1, 0.15) is 52.7 Å². The van der Waals surface area contributed by atoms with Crippen molar-refractivity contribution in [2.24, 2.45) is 5.41 Å². The van der Waals surface area contributed by atoms with E-state index >= 15 is 0 Å². The van der Waals surface area contributed by atoms with E-state index in [0.717, 1.165) is 16.7 Å². The number of hydrogen-bond acceptors (Lipinski definition) is 2. The summed E-state index contributed by atoms with van der Waals surface area (Å²) in [5.41, 5.74) is 2.56. The lowest BCUT2D eigenvalue weighted by atomic mass is 9.92. The highest BCUT2D eigenvalue weighted by molar-refractivity contribution is 5.69. The Labute approximate surface area is 128 Å². The molecule has 0 bridgehead atoms. The summed E-state index contributed by atoms with van der Waals surface area (Å²) in [4.78, 5) is 11.9. The molecule has 0 spiro atoms. The van der Waals surface area contributed by atoms with Gasteiger partial charge >= 0.3 is 6.09 Å². The van der Waals surface area contributed by atoms with Gasteiger partial charge in [-0.1, -0.05) is 51.1 Å². The molecule has 0 aliphatic heterocycles. The number of alkyl carbamates (subject to hydrolysis) is 1. The summed E-state index contributed by atoms with van der Waals surface area (Å²) in [5, 5.41) is 2.92. The summed E-state index contributed by atoms with van der Waals surface area (Å²) in [6.45, 7) is 16.3. The topological polar surface area (TPSA) is 38.3 Å². The fraction of sp³-hybridized carbons (Fsp3) is 0.500. The Bertz CT molecular complexity index is 524. The standard InChI is InChI=1S/C18H27NO2/c1-13(2)14-9-8-10-15(11-14)18(6,7)19-16(20)21-12-17(3,4)5/h8-11H,1,12H2,2-7H3,(H,19,20). The fourth-order valence-electron chi connectivity index (χ4n) is 1.82. The van der Waals surface area contributed by atoms with E-state index in [4.69, 9.17) is 4.74 Å². The molecule has 0 aliphatic carbocycles. The number of carbonyl (C=O) groups excluding carboxylic acids is 1. The molecule has 1 amide bonds. The monoisotopic (exact) mass is 289 g/mol. The lowest BCUT2D eigenvalue weighted by Crippen LogP contribution is -2.42. The van der Waals surface area contributed by atoms with Crippen LogP contribution in [0, 0.1) is 5.41 Å². The van der Waals surface area contributed by atoms with Gasteiger partial charge in [0, 0.05) is 0 Å². The lowest BCUT2D eigenvalue weighted by Gasteiger charge is -2.28. The molecule has 0 saturated carbocycles. The number of carbonyl (C=O) groups is 1. The van der Waals surface area contributed by atoms with Gasteiger partial charge in [-0.05, 0) is 43.4 Å². The molecule has 1 aromatic rings. The van der Waals surface area contributed by atoms with Crippen LogP contribution in [0.15, 0.2) is 30.8 Å². The van der Waals surface area contributed by atoms with E-state index in [0.29, 0.717) is 6.61 Å². The molecular weight excluding hydrogens is 262 g/mol. The van der Waals surface area contributed by atoms with E-state index < -0.39 is 11.6 Å². The van der Waals surface area contributed by atoms with Crippen molar-refractivity contribution in [3.8, 4) is 0 Å². The molecule has 0 fully saturated rings. The van der Waals surface area contributed by atoms with E-state index in [2.05, 4.69) is 11.9 Å². The van der Waals surface area contributed by atoms with Crippen molar-refractivity contribution in [2.75, 3.05) is 6.61 Å². The number of rotatable bonds is 4. The number of ether oxygens (including phenoxy) is 1. The van der Waals surface area contributed by atoms with Gasteiger partial charge in [0.2, 0.25) is 0 Å². The van der Waals surface area contributed by atoms with E-state index in [-0.39, 0.29) is 5.41 Å². The second-order valence-electron chi connectivity index (χ2n) is 7.25. The number of amides is 1. The van der Waals surface area contributed by atoms with Crippen LogP contribution in [-0.2, 0) is 10.3 Å². The van der Waals surface area contributed by atoms with Crippen molar-refractivity contribution in [1.29, 1.82) is 0 Å². The maximum absolute atomic E-state index is 11.9. The summed E-state index contributed by atoms with van der Waals surface area (Å²) in [5.74, 6) is 0. The van der Waals surface area contributed by atoms with Crippen molar-refractivity contribution in [1.82, 2.24) is 5.32 Å². The SMILES string of the molecule is C=C(C)c1cccc(C(C)(C)NC(=O)OCC(C)(C)C)c1. The van der Waals surface area contributed by atoms with Crippen molar-refractivity contribution in [2.45, 2.75) is 47.1 Å². The average molecular weight is 289 g/mol. The average Bonchev–Trinajstić information content (AvgIpc) is 2.35. The lowest BCUT2D eigenvalue weighted by molar-refractivity contribution is 0.0986. The Kier molecular flexibility index (Phi) is 5.21. The van der Waals surface area contributed by atoms with Crippen LogP contribution in [0.5, 0.6) is 0 Å². The highest BCUT2D eigenvalue weighted by atomic mass is 16.5. The molecule has 0 saturated heterocycles. The van der Waals surface area contributed by atoms with Crippen molar-refractivity contribution in [3.63, 3.8) is 0 Å². The van der Waals surface area contributed by atoms with Crippen LogP contribution in [0.2, 0.25) is 0 Å². The van der Waals surface area contributed by atoms with Crippen LogP contribution in [0.3, 0.4) is 0 Å². The van der Waals surface area contributed by atoms with Gasteiger partial charge in [0.1, 0.15) is 0 Å². The third kappa shape index (κ3) is 5.62. The highest BCUT2D eigenvalue weighted by Gasteiger charge is 2.24. The largest absolute Gasteiger partial charge is 0.449 e. The summed E-state index contributed by atoms with van der Waals surface area (Å²) in [6.07, 6.45) is -0.393. The Morgan fingerprint density at radius 2 is 1.86 bits per heavy atom. The van der Waals surface area contributed by atoms with Gasteiger partial charge in [-0.2, -0.15) is 0 Å². The molecule has 3 nitrogen and oxygen atoms in total. The van der Waals surface area contributed by atoms with E-state index in [1.807, 2.05) is 65.8 Å². The molecule has 1 rings (SSSR count). The molecular formula is C18H27NO2. The molecule has 1 aromatic carbocycles. The van der Waals surface area contributed by atoms with E-state index in [9.17, 15) is 4.79 Å². The van der Waals surface area contributed by atoms with Crippen LogP contribution in [0.25, 0.3) is 5.57 Å². The minimum Gasteiger partial charge on any atom is -0.449 e. The van der Waals surface area contributed by atoms with Gasteiger partial charge in [-0.15, -0.1) is 0 Å². The van der Waals surface area contributed by atoms with Crippen LogP contribution in [-0.4, -0.2) is 12.7 Å². The number of benzene rings is 1. The zero-order chi connectivity index (χ0) is 16.3. The molecule has 0 aliphatic rings. The summed E-state index contributed by atoms with van der Waals surface area (Å²) >= 11 is 0. The van der Waals surface area contributed by atoms with Gasteiger partial charge in [-0.25, -0.2) is 4.79 Å². The fourth-order valence-corrected chi connectivity index (χ4v) is 1.82. The second kappa shape index (κ2) is 6.33. The zero-order valence-electron chi connectivity index (χ0n) is 14.0. The van der Waals surface area contributed by atoms with Crippen molar-refractivity contribution < 1.29 is 9.53 Å². The van der Waals surface area contributed by atoms with Gasteiger partial charge in [0.15, 0.2) is 0 Å². The van der Waals surface area contributed by atoms with Crippen LogP contribution >= 0.6 is 0 Å². The van der Waals surface area contributed by atoms with Gasteiger partial charge in [0.05, 0.1) is 12.1 Å². The molecule has 0 radical (unpaired) electrons. The Morgan fingerprint density at radius 3 is 2.38 bits per heavy atom. The maximum atomic E-state index is 11.9. The summed E-state index contributed by atoms with van der Waals surface area (Å²) in [6, 6.07) is 8.03. The summed E-state index contributed by atoms with van der Waals surface area (Å²) < 4.78 is 5.27. The van der Waals surface area contributed by atoms with E-state index in [1.165, 1.54) is 0 Å². The van der Waals surface area contributed by atoms with Crippen molar-refractivity contribution in [3.05, 3.63) is 42.0 Å². The van der Waals surface area contributed by atoms with Gasteiger partial charge in [-0.3, -0.25) is 0 Å². The quantitative estimate of drug-likeness (QED) is 0.870. The van der Waals surface area contributed by atoms with Gasteiger partial charge < -0.3 is 10.1 Å². The molecule has 0 aromatic heterocycles. The predicted octanol–water partition coefficient (Wildman–Crippen LogP) is 4.73. The molecule has 1 N–H and O–H groups in total. The number of nitrogens with one attached hydrogen (secondary N) is 1. The normalized spacial score (nSPS) is 11.9. The third-order valence-corrected chi connectivity index (χ3v) is 3.13. The number of hydrogen-bond donors (Lipinski definition) is 1. The Balaban J connectivity index is 2.79. The molecule has 116 valence electrons. The third-order valence-electron chi connectivity index (χ3n) is 3.13. The van der Waals surface area contributed by atoms with Crippen LogP contribution < -0.4 is 5.32 Å². The Hall–Kier alpha value is -1.77. The maximum Gasteiger partial charge on any atom is 0.407 e. The molecule has 21 heavy (non-hydrogen) atoms. The summed E-state index contributed by atoms with van der Waals surface area (Å²) in [7, 11) is 0. The molecule has 3 heteroatoms. The molecule has 0 heterocycles. The Morgan fingerprint density at radius 1 is 1.24 bits per heavy atom. The molecule has 0 unspecified atom stereocenters. The first-order valence-electron chi connectivity index (χ1n) is 7.23. The highest BCUT2D eigenvalue weighted by Crippen LogP contribution is 2.24. The predicted molar refractivity (Wildman–Crippen MR) is 88.1 cm³/mol. The molecule has 0 atom stereocenters. The van der Waals surface area contributed by atoms with Crippen LogP contribution in [0.4, 0.5) is 4.79 Å². The smallest absolute Gasteiger partial charge is 0.407 e. The number of allylic oxidation sites excluding steroid dienone is 1. The first-order chi connectivity index (χ1) is 9.51. The minimum absolute atomic E-state index is 0.0403.